The van der Waals surface area contributed by atoms with Crippen LogP contribution in [-0.4, -0.2) is 29.1 Å². The molecule has 0 unspecified atom stereocenters. The molecule has 1 rings (SSSR count). The average molecular weight is 239 g/mol. The minimum atomic E-state index is -0.464. The lowest BCUT2D eigenvalue weighted by atomic mass is 10.3. The molecule has 1 aromatic rings. The maximum atomic E-state index is 11.0. The predicted molar refractivity (Wildman–Crippen MR) is 61.2 cm³/mol. The van der Waals surface area contributed by atoms with Gasteiger partial charge in [-0.2, -0.15) is 0 Å². The first-order chi connectivity index (χ1) is 7.68. The molecular weight excluding hydrogens is 226 g/mol. The molecule has 0 aliphatic rings. The molecule has 0 saturated carbocycles. The summed E-state index contributed by atoms with van der Waals surface area (Å²) >= 11 is 1.51. The topological polar surface area (TPSA) is 56.3 Å². The summed E-state index contributed by atoms with van der Waals surface area (Å²) in [6.07, 6.45) is 1.57. The maximum Gasteiger partial charge on any atom is 0.313 e. The van der Waals surface area contributed by atoms with Crippen molar-refractivity contribution in [3.8, 4) is 0 Å². The van der Waals surface area contributed by atoms with Crippen molar-refractivity contribution in [2.45, 2.75) is 18.4 Å². The van der Waals surface area contributed by atoms with Gasteiger partial charge in [0.1, 0.15) is 18.8 Å². The largest absolute Gasteiger partial charge is 0.464 e. The summed E-state index contributed by atoms with van der Waals surface area (Å²) < 4.78 is 4.87. The van der Waals surface area contributed by atoms with Gasteiger partial charge >= 0.3 is 5.97 Å². The van der Waals surface area contributed by atoms with Crippen molar-refractivity contribution in [2.75, 3.05) is 12.4 Å². The zero-order chi connectivity index (χ0) is 11.8. The Morgan fingerprint density at radius 1 is 1.44 bits per heavy atom. The third-order valence-corrected chi connectivity index (χ3v) is 2.54. The van der Waals surface area contributed by atoms with Crippen LogP contribution in [0.1, 0.15) is 13.3 Å². The lowest BCUT2D eigenvalue weighted by Crippen LogP contribution is -2.10. The van der Waals surface area contributed by atoms with Crippen molar-refractivity contribution < 1.29 is 14.3 Å². The van der Waals surface area contributed by atoms with Crippen molar-refractivity contribution in [1.29, 1.82) is 0 Å². The Labute approximate surface area is 98.4 Å². The van der Waals surface area contributed by atoms with Crippen molar-refractivity contribution >= 4 is 23.5 Å². The van der Waals surface area contributed by atoms with E-state index in [1.165, 1.54) is 18.7 Å². The Hall–Kier alpha value is -1.36. The minimum absolute atomic E-state index is 0.145. The molecule has 0 aliphatic carbocycles. The molecule has 0 aliphatic heterocycles. The van der Waals surface area contributed by atoms with E-state index in [1.54, 1.807) is 6.20 Å². The van der Waals surface area contributed by atoms with Crippen LogP contribution in [0.4, 0.5) is 0 Å². The first kappa shape index (κ1) is 12.7. The number of rotatable bonds is 6. The van der Waals surface area contributed by atoms with Gasteiger partial charge < -0.3 is 4.74 Å². The standard InChI is InChI=1S/C11H13NO3S/c1-9(13)8-11(14)15-6-7-16-10-4-2-3-5-12-10/h2-5H,6-8H2,1H3. The lowest BCUT2D eigenvalue weighted by Gasteiger charge is -2.02. The molecule has 0 radical (unpaired) electrons. The second-order valence-electron chi connectivity index (χ2n) is 3.12. The van der Waals surface area contributed by atoms with Crippen LogP contribution in [0.15, 0.2) is 29.4 Å². The fraction of sp³-hybridized carbons (Fsp3) is 0.364. The van der Waals surface area contributed by atoms with Gasteiger partial charge in [-0.3, -0.25) is 9.59 Å². The maximum absolute atomic E-state index is 11.0. The van der Waals surface area contributed by atoms with Crippen molar-refractivity contribution in [1.82, 2.24) is 4.98 Å². The number of hydrogen-bond acceptors (Lipinski definition) is 5. The first-order valence-electron chi connectivity index (χ1n) is 4.87. The summed E-state index contributed by atoms with van der Waals surface area (Å²) in [4.78, 5) is 25.7. The Morgan fingerprint density at radius 2 is 2.25 bits per heavy atom. The molecule has 0 atom stereocenters. The first-order valence-corrected chi connectivity index (χ1v) is 5.86. The third-order valence-electron chi connectivity index (χ3n) is 1.63. The number of ketones is 1. The lowest BCUT2D eigenvalue weighted by molar-refractivity contribution is -0.145. The van der Waals surface area contributed by atoms with Crippen LogP contribution in [0.2, 0.25) is 0 Å². The molecule has 0 N–H and O–H groups in total. The highest BCUT2D eigenvalue weighted by atomic mass is 32.2. The van der Waals surface area contributed by atoms with Gasteiger partial charge in [0.15, 0.2) is 0 Å². The van der Waals surface area contributed by atoms with Gasteiger partial charge in [-0.05, 0) is 19.1 Å². The van der Waals surface area contributed by atoms with Crippen molar-refractivity contribution in [3.05, 3.63) is 24.4 Å². The van der Waals surface area contributed by atoms with Gasteiger partial charge in [0.2, 0.25) is 0 Å². The average Bonchev–Trinajstić information content (AvgIpc) is 2.25. The monoisotopic (exact) mass is 239 g/mol. The van der Waals surface area contributed by atoms with Crippen LogP contribution in [-0.2, 0) is 14.3 Å². The molecule has 0 amide bonds. The molecule has 0 spiro atoms. The van der Waals surface area contributed by atoms with Crippen LogP contribution in [0.5, 0.6) is 0 Å². The Morgan fingerprint density at radius 3 is 2.88 bits per heavy atom. The molecule has 0 aromatic carbocycles. The molecule has 86 valence electrons. The van der Waals surface area contributed by atoms with E-state index in [1.807, 2.05) is 18.2 Å². The highest BCUT2D eigenvalue weighted by Gasteiger charge is 2.05. The number of hydrogen-bond donors (Lipinski definition) is 0. The van der Waals surface area contributed by atoms with E-state index in [4.69, 9.17) is 4.74 Å². The number of carbonyl (C=O) groups is 2. The molecule has 0 saturated heterocycles. The van der Waals surface area contributed by atoms with Crippen LogP contribution >= 0.6 is 11.8 Å². The molecule has 4 nitrogen and oxygen atoms in total. The molecule has 16 heavy (non-hydrogen) atoms. The molecule has 5 heteroatoms. The SMILES string of the molecule is CC(=O)CC(=O)OCCSc1ccccn1. The van der Waals surface area contributed by atoms with E-state index in [-0.39, 0.29) is 12.2 Å². The van der Waals surface area contributed by atoms with E-state index in [0.717, 1.165) is 5.03 Å². The van der Waals surface area contributed by atoms with Crippen LogP contribution in [0.25, 0.3) is 0 Å². The van der Waals surface area contributed by atoms with Crippen molar-refractivity contribution in [2.24, 2.45) is 0 Å². The number of thioether (sulfide) groups is 1. The van der Waals surface area contributed by atoms with Gasteiger partial charge in [0.25, 0.3) is 0 Å². The van der Waals surface area contributed by atoms with Gasteiger partial charge in [0.05, 0.1) is 5.03 Å². The molecule has 1 heterocycles. The Kier molecular flexibility index (Phi) is 5.56. The van der Waals surface area contributed by atoms with E-state index < -0.39 is 5.97 Å². The number of carbonyl (C=O) groups excluding carboxylic acids is 2. The van der Waals surface area contributed by atoms with Gasteiger partial charge in [-0.15, -0.1) is 11.8 Å². The summed E-state index contributed by atoms with van der Waals surface area (Å²) in [7, 11) is 0. The Bertz CT molecular complexity index is 354. The van der Waals surface area contributed by atoms with E-state index in [9.17, 15) is 9.59 Å². The smallest absolute Gasteiger partial charge is 0.313 e. The molecule has 1 aromatic heterocycles. The summed E-state index contributed by atoms with van der Waals surface area (Å²) in [6.45, 7) is 1.66. The van der Waals surface area contributed by atoms with E-state index in [0.29, 0.717) is 12.4 Å². The fourth-order valence-electron chi connectivity index (χ4n) is 0.989. The number of pyridine rings is 1. The van der Waals surface area contributed by atoms with Crippen LogP contribution in [0, 0.1) is 0 Å². The van der Waals surface area contributed by atoms with Gasteiger partial charge in [-0.25, -0.2) is 4.98 Å². The number of ether oxygens (including phenoxy) is 1. The summed E-state index contributed by atoms with van der Waals surface area (Å²) in [6, 6.07) is 5.64. The highest BCUT2D eigenvalue weighted by Crippen LogP contribution is 2.13. The summed E-state index contributed by atoms with van der Waals surface area (Å²) in [5.74, 6) is -0.00259. The van der Waals surface area contributed by atoms with E-state index >= 15 is 0 Å². The van der Waals surface area contributed by atoms with Crippen LogP contribution < -0.4 is 0 Å². The van der Waals surface area contributed by atoms with Gasteiger partial charge in [-0.1, -0.05) is 6.07 Å². The van der Waals surface area contributed by atoms with Gasteiger partial charge in [0, 0.05) is 11.9 Å². The number of aromatic nitrogens is 1. The highest BCUT2D eigenvalue weighted by molar-refractivity contribution is 7.99. The normalized spacial score (nSPS) is 9.81. The second-order valence-corrected chi connectivity index (χ2v) is 4.23. The van der Waals surface area contributed by atoms with Crippen molar-refractivity contribution in [3.63, 3.8) is 0 Å². The molecule has 0 bridgehead atoms. The zero-order valence-corrected chi connectivity index (χ0v) is 9.83. The predicted octanol–water partition coefficient (Wildman–Crippen LogP) is 1.70. The van der Waals surface area contributed by atoms with E-state index in [2.05, 4.69) is 4.98 Å². The number of Topliss-reactive ketones (excluding diaryl/α,β-unsaturated/α-hetero) is 1. The fourth-order valence-corrected chi connectivity index (χ4v) is 1.67. The number of nitrogens with zero attached hydrogens (tertiary/aromatic N) is 1. The number of esters is 1. The molecular formula is C11H13NO3S. The Balaban J connectivity index is 2.13. The second kappa shape index (κ2) is 7.00. The van der Waals surface area contributed by atoms with Crippen LogP contribution in [0.3, 0.4) is 0 Å². The summed E-state index contributed by atoms with van der Waals surface area (Å²) in [5, 5.41) is 0.894. The minimum Gasteiger partial charge on any atom is -0.464 e. The third kappa shape index (κ3) is 5.50. The summed E-state index contributed by atoms with van der Waals surface area (Å²) in [5.41, 5.74) is 0. The zero-order valence-electron chi connectivity index (χ0n) is 9.01. The molecule has 0 fully saturated rings. The quantitative estimate of drug-likeness (QED) is 0.327.